The Morgan fingerprint density at radius 3 is 2.50 bits per heavy atom. The Balaban J connectivity index is 1.97. The highest BCUT2D eigenvalue weighted by Crippen LogP contribution is 2.41. The molecule has 1 aromatic heterocycles. The fourth-order valence-corrected chi connectivity index (χ4v) is 5.13. The lowest BCUT2D eigenvalue weighted by Crippen LogP contribution is -2.51. The van der Waals surface area contributed by atoms with Gasteiger partial charge in [0.25, 0.3) is 5.91 Å². The third-order valence-electron chi connectivity index (χ3n) is 5.83. The topological polar surface area (TPSA) is 62.4 Å². The summed E-state index contributed by atoms with van der Waals surface area (Å²) < 4.78 is 6.08. The molecular weight excluding hydrogens is 508 g/mol. The monoisotopic (exact) mass is 532 g/mol. The number of fused-ring (bicyclic) bond motifs is 3. The highest BCUT2D eigenvalue weighted by molar-refractivity contribution is 9.10. The lowest BCUT2D eigenvalue weighted by Gasteiger charge is -2.40. The number of H-pyrrole nitrogens is 1. The number of hydrogen-bond acceptors (Lipinski definition) is 3. The maximum atomic E-state index is 13.6. The maximum Gasteiger partial charge on any atom is 0.328 e. The van der Waals surface area contributed by atoms with Gasteiger partial charge in [-0.3, -0.25) is 4.79 Å². The molecule has 34 heavy (non-hydrogen) atoms. The van der Waals surface area contributed by atoms with Crippen molar-refractivity contribution in [2.45, 2.75) is 38.1 Å². The molecule has 2 atom stereocenters. The predicted molar refractivity (Wildman–Crippen MR) is 140 cm³/mol. The van der Waals surface area contributed by atoms with Crippen molar-refractivity contribution < 1.29 is 14.3 Å². The first kappa shape index (κ1) is 23.9. The van der Waals surface area contributed by atoms with E-state index in [1.165, 1.54) is 7.11 Å². The Morgan fingerprint density at radius 2 is 1.88 bits per heavy atom. The lowest BCUT2D eigenvalue weighted by atomic mass is 9.87. The number of amides is 1. The summed E-state index contributed by atoms with van der Waals surface area (Å²) in [6, 6.07) is 12.1. The van der Waals surface area contributed by atoms with Gasteiger partial charge in [0, 0.05) is 33.1 Å². The molecule has 1 amide bonds. The number of esters is 1. The van der Waals surface area contributed by atoms with E-state index in [-0.39, 0.29) is 0 Å². The zero-order valence-electron chi connectivity index (χ0n) is 19.5. The number of nitrogens with zero attached hydrogens (tertiary/aromatic N) is 1. The second-order valence-corrected chi connectivity index (χ2v) is 15.0. The summed E-state index contributed by atoms with van der Waals surface area (Å²) in [5.74, 6) is 4.60. The third-order valence-corrected chi connectivity index (χ3v) is 7.20. The van der Waals surface area contributed by atoms with Crippen LogP contribution in [0.5, 0.6) is 0 Å². The molecule has 7 heteroatoms. The van der Waals surface area contributed by atoms with Gasteiger partial charge < -0.3 is 14.6 Å². The van der Waals surface area contributed by atoms with E-state index in [1.54, 1.807) is 4.90 Å². The number of methoxy groups -OCH3 is 1. The van der Waals surface area contributed by atoms with Crippen LogP contribution in [0.4, 0.5) is 0 Å². The number of benzene rings is 2. The standard InChI is InChI=1S/C27H25BrN2O3Si/c1-6-17-7-9-18(10-8-17)26-25-21(20-15-19(28)11-12-22(20)29-25)16-23(27(32)33-2)30(26)24(31)13-14-34(3,4)5/h1,7-12,15,23,26,29H,16H2,2-5H3/t23-,26-/m1/s1. The van der Waals surface area contributed by atoms with E-state index in [0.29, 0.717) is 6.42 Å². The van der Waals surface area contributed by atoms with Crippen LogP contribution < -0.4 is 0 Å². The quantitative estimate of drug-likeness (QED) is 0.292. The van der Waals surface area contributed by atoms with Gasteiger partial charge in [0.2, 0.25) is 0 Å². The summed E-state index contributed by atoms with van der Waals surface area (Å²) in [4.78, 5) is 31.6. The summed E-state index contributed by atoms with van der Waals surface area (Å²) in [7, 11) is -0.475. The van der Waals surface area contributed by atoms with Gasteiger partial charge in [-0.2, -0.15) is 0 Å². The molecule has 2 aromatic carbocycles. The molecule has 4 rings (SSSR count). The Kier molecular flexibility index (Phi) is 6.44. The minimum absolute atomic E-state index is 0.331. The highest BCUT2D eigenvalue weighted by atomic mass is 79.9. The molecule has 0 unspecified atom stereocenters. The summed E-state index contributed by atoms with van der Waals surface area (Å²) in [6.45, 7) is 6.22. The Labute approximate surface area is 209 Å². The highest BCUT2D eigenvalue weighted by Gasteiger charge is 2.43. The van der Waals surface area contributed by atoms with Crippen LogP contribution in [0, 0.1) is 23.8 Å². The lowest BCUT2D eigenvalue weighted by molar-refractivity contribution is -0.153. The van der Waals surface area contributed by atoms with Crippen molar-refractivity contribution in [1.82, 2.24) is 9.88 Å². The number of hydrogen-bond donors (Lipinski definition) is 1. The zero-order valence-corrected chi connectivity index (χ0v) is 22.1. The maximum absolute atomic E-state index is 13.6. The van der Waals surface area contributed by atoms with Gasteiger partial charge >= 0.3 is 5.97 Å². The number of nitrogens with one attached hydrogen (secondary N) is 1. The second kappa shape index (κ2) is 9.17. The first-order chi connectivity index (χ1) is 16.1. The van der Waals surface area contributed by atoms with Crippen molar-refractivity contribution in [2.75, 3.05) is 7.11 Å². The van der Waals surface area contributed by atoms with Gasteiger partial charge in [0.05, 0.1) is 13.2 Å². The molecule has 0 bridgehead atoms. The molecular formula is C27H25BrN2O3Si. The summed E-state index contributed by atoms with van der Waals surface area (Å²) >= 11 is 3.55. The number of aromatic amines is 1. The summed E-state index contributed by atoms with van der Waals surface area (Å²) in [6.07, 6.45) is 5.89. The fourth-order valence-electron chi connectivity index (χ4n) is 4.29. The first-order valence-electron chi connectivity index (χ1n) is 10.9. The minimum Gasteiger partial charge on any atom is -0.467 e. The molecule has 0 fully saturated rings. The molecule has 1 N–H and O–H groups in total. The largest absolute Gasteiger partial charge is 0.467 e. The van der Waals surface area contributed by atoms with Crippen LogP contribution in [0.25, 0.3) is 10.9 Å². The number of aromatic nitrogens is 1. The predicted octanol–water partition coefficient (Wildman–Crippen LogP) is 4.81. The fraction of sp³-hybridized carbons (Fsp3) is 0.259. The van der Waals surface area contributed by atoms with Gasteiger partial charge in [-0.25, -0.2) is 4.79 Å². The molecule has 0 radical (unpaired) electrons. The van der Waals surface area contributed by atoms with E-state index < -0.39 is 32.0 Å². The molecule has 1 aliphatic rings. The number of rotatable bonds is 2. The van der Waals surface area contributed by atoms with Crippen molar-refractivity contribution in [2.24, 2.45) is 0 Å². The number of carbonyl (C=O) groups excluding carboxylic acids is 2. The first-order valence-corrected chi connectivity index (χ1v) is 15.2. The average Bonchev–Trinajstić information content (AvgIpc) is 3.17. The Morgan fingerprint density at radius 1 is 1.18 bits per heavy atom. The van der Waals surface area contributed by atoms with Gasteiger partial charge in [0.1, 0.15) is 14.1 Å². The molecule has 3 aromatic rings. The van der Waals surface area contributed by atoms with Crippen molar-refractivity contribution in [1.29, 1.82) is 0 Å². The Bertz CT molecular complexity index is 1380. The Hall–Kier alpha value is -3.26. The van der Waals surface area contributed by atoms with E-state index in [4.69, 9.17) is 11.2 Å². The molecule has 0 spiro atoms. The molecule has 172 valence electrons. The summed E-state index contributed by atoms with van der Waals surface area (Å²) in [5, 5.41) is 1.00. The zero-order chi connectivity index (χ0) is 24.6. The summed E-state index contributed by atoms with van der Waals surface area (Å²) in [5.41, 5.74) is 7.51. The van der Waals surface area contributed by atoms with Crippen LogP contribution >= 0.6 is 15.9 Å². The van der Waals surface area contributed by atoms with E-state index in [9.17, 15) is 9.59 Å². The number of terminal acetylenes is 1. The molecule has 2 heterocycles. The van der Waals surface area contributed by atoms with Crippen molar-refractivity contribution >= 4 is 46.8 Å². The van der Waals surface area contributed by atoms with Crippen LogP contribution in [0.2, 0.25) is 19.6 Å². The SMILES string of the molecule is C#Cc1ccc([C@@H]2c3[nH]c4ccc(Br)cc4c3C[C@H](C(=O)OC)N2C(=O)C#C[Si](C)(C)C)cc1. The molecule has 5 nitrogen and oxygen atoms in total. The van der Waals surface area contributed by atoms with Crippen LogP contribution in [0.15, 0.2) is 46.9 Å². The van der Waals surface area contributed by atoms with Crippen LogP contribution in [0.3, 0.4) is 0 Å². The normalized spacial score (nSPS) is 17.4. The van der Waals surface area contributed by atoms with E-state index in [2.05, 4.69) is 57.9 Å². The van der Waals surface area contributed by atoms with Gasteiger partial charge in [-0.15, -0.1) is 12.0 Å². The van der Waals surface area contributed by atoms with Crippen molar-refractivity contribution in [3.05, 3.63) is 69.3 Å². The van der Waals surface area contributed by atoms with Crippen LogP contribution in [0.1, 0.15) is 28.4 Å². The van der Waals surface area contributed by atoms with Gasteiger partial charge in [-0.1, -0.05) is 53.6 Å². The van der Waals surface area contributed by atoms with Crippen LogP contribution in [-0.4, -0.2) is 43.0 Å². The van der Waals surface area contributed by atoms with Crippen LogP contribution in [-0.2, 0) is 20.7 Å². The third kappa shape index (κ3) is 4.55. The second-order valence-electron chi connectivity index (χ2n) is 9.33. The minimum atomic E-state index is -1.82. The molecule has 1 aliphatic heterocycles. The smallest absolute Gasteiger partial charge is 0.328 e. The molecule has 0 saturated carbocycles. The number of ether oxygens (including phenoxy) is 1. The molecule has 0 aliphatic carbocycles. The van der Waals surface area contributed by atoms with E-state index >= 15 is 0 Å². The van der Waals surface area contributed by atoms with Crippen molar-refractivity contribution in [3.63, 3.8) is 0 Å². The molecule has 0 saturated heterocycles. The van der Waals surface area contributed by atoms with E-state index in [0.717, 1.165) is 37.8 Å². The van der Waals surface area contributed by atoms with Gasteiger partial charge in [-0.05, 0) is 47.4 Å². The number of halogens is 1. The van der Waals surface area contributed by atoms with E-state index in [1.807, 2.05) is 42.5 Å². The van der Waals surface area contributed by atoms with Crippen molar-refractivity contribution in [3.8, 4) is 23.8 Å². The van der Waals surface area contributed by atoms with Gasteiger partial charge in [0.15, 0.2) is 0 Å². The average molecular weight is 533 g/mol. The number of carbonyl (C=O) groups is 2.